The monoisotopic (exact) mass is 415 g/mol. The first kappa shape index (κ1) is 23.1. The van der Waals surface area contributed by atoms with E-state index in [-0.39, 0.29) is 36.5 Å². The largest absolute Gasteiger partial charge is 0.352 e. The van der Waals surface area contributed by atoms with Crippen LogP contribution in [0.1, 0.15) is 32.6 Å². The van der Waals surface area contributed by atoms with Crippen molar-refractivity contribution in [3.05, 3.63) is 36.1 Å². The highest BCUT2D eigenvalue weighted by molar-refractivity contribution is 5.93. The molecule has 0 aromatic rings. The van der Waals surface area contributed by atoms with Gasteiger partial charge in [0, 0.05) is 56.9 Å². The van der Waals surface area contributed by atoms with Gasteiger partial charge < -0.3 is 21.3 Å². The zero-order valence-corrected chi connectivity index (χ0v) is 17.3. The van der Waals surface area contributed by atoms with Crippen molar-refractivity contribution >= 4 is 29.8 Å². The normalized spacial score (nSPS) is 24.9. The Morgan fingerprint density at radius 1 is 1.30 bits per heavy atom. The fourth-order valence-electron chi connectivity index (χ4n) is 3.05. The number of nitrogens with one attached hydrogen (secondary N) is 4. The van der Waals surface area contributed by atoms with Crippen LogP contribution in [0.4, 0.5) is 4.79 Å². The average Bonchev–Trinajstić information content (AvgIpc) is 3.22. The molecule has 0 aromatic heterocycles. The van der Waals surface area contributed by atoms with E-state index < -0.39 is 18.0 Å². The molecule has 1 unspecified atom stereocenters. The summed E-state index contributed by atoms with van der Waals surface area (Å²) in [5, 5.41) is 10.6. The molecule has 0 spiro atoms. The summed E-state index contributed by atoms with van der Waals surface area (Å²) in [5.41, 5.74) is 0.734. The van der Waals surface area contributed by atoms with Crippen LogP contribution in [0, 0.1) is 5.92 Å². The second-order valence-corrected chi connectivity index (χ2v) is 7.16. The van der Waals surface area contributed by atoms with Crippen molar-refractivity contribution in [3.63, 3.8) is 0 Å². The molecule has 3 atom stereocenters. The number of rotatable bonds is 6. The van der Waals surface area contributed by atoms with E-state index in [0.717, 1.165) is 5.70 Å². The molecule has 0 radical (unpaired) electrons. The minimum atomic E-state index is -0.786. The molecular weight excluding hydrogens is 386 g/mol. The van der Waals surface area contributed by atoms with Crippen LogP contribution in [0.3, 0.4) is 0 Å². The first-order chi connectivity index (χ1) is 14.4. The summed E-state index contributed by atoms with van der Waals surface area (Å²) in [6.07, 6.45) is 11.5. The van der Waals surface area contributed by atoms with Gasteiger partial charge in [0.1, 0.15) is 0 Å². The van der Waals surface area contributed by atoms with Gasteiger partial charge in [0.25, 0.3) is 0 Å². The standard InChI is InChI=1S/C21H29N5O4/c1-14-8-9-19(28)24-10-4-3-6-15(20(29)25-14)12-18(27)17(26-21(30)22-2)13-16-7-5-11-23-16/h3,6-9,11,14-15,17H,4-5,10,12-13H2,1-2H3,(H,24,28)(H,25,29)(H2,22,26,30)/b6-3+,9-8+/t14-,15+,17?/m0/s1. The van der Waals surface area contributed by atoms with E-state index in [2.05, 4.69) is 26.3 Å². The number of hydrogen-bond donors (Lipinski definition) is 4. The summed E-state index contributed by atoms with van der Waals surface area (Å²) in [6.45, 7) is 2.18. The third-order valence-corrected chi connectivity index (χ3v) is 4.69. The lowest BCUT2D eigenvalue weighted by Gasteiger charge is -2.21. The second-order valence-electron chi connectivity index (χ2n) is 7.16. The van der Waals surface area contributed by atoms with Crippen molar-refractivity contribution in [1.29, 1.82) is 0 Å². The summed E-state index contributed by atoms with van der Waals surface area (Å²) in [7, 11) is 1.47. The quantitative estimate of drug-likeness (QED) is 0.477. The fraction of sp³-hybridized carbons (Fsp3) is 0.476. The lowest BCUT2D eigenvalue weighted by molar-refractivity contribution is -0.129. The first-order valence-electron chi connectivity index (χ1n) is 10.0. The number of hydrogen-bond acceptors (Lipinski definition) is 5. The highest BCUT2D eigenvalue weighted by Gasteiger charge is 2.27. The van der Waals surface area contributed by atoms with Gasteiger partial charge in [0.2, 0.25) is 11.8 Å². The first-order valence-corrected chi connectivity index (χ1v) is 10.0. The number of carbonyl (C=O) groups excluding carboxylic acids is 4. The summed E-state index contributed by atoms with van der Waals surface area (Å²) in [5.74, 6) is -1.47. The predicted molar refractivity (Wildman–Crippen MR) is 114 cm³/mol. The second kappa shape index (κ2) is 11.7. The van der Waals surface area contributed by atoms with E-state index >= 15 is 0 Å². The Morgan fingerprint density at radius 2 is 2.10 bits per heavy atom. The molecule has 0 aliphatic carbocycles. The van der Waals surface area contributed by atoms with Gasteiger partial charge >= 0.3 is 6.03 Å². The van der Waals surface area contributed by atoms with Gasteiger partial charge in [-0.05, 0) is 13.3 Å². The Kier molecular flexibility index (Phi) is 8.99. The van der Waals surface area contributed by atoms with Crippen LogP contribution in [0.15, 0.2) is 41.1 Å². The smallest absolute Gasteiger partial charge is 0.315 e. The zero-order valence-electron chi connectivity index (χ0n) is 17.3. The van der Waals surface area contributed by atoms with E-state index in [1.807, 2.05) is 6.08 Å². The minimum absolute atomic E-state index is 0.0587. The summed E-state index contributed by atoms with van der Waals surface area (Å²) in [4.78, 5) is 53.4. The maximum Gasteiger partial charge on any atom is 0.315 e. The van der Waals surface area contributed by atoms with E-state index in [0.29, 0.717) is 19.4 Å². The molecule has 0 saturated carbocycles. The summed E-state index contributed by atoms with van der Waals surface area (Å²) in [6, 6.07) is -1.62. The molecule has 2 heterocycles. The summed E-state index contributed by atoms with van der Waals surface area (Å²) < 4.78 is 0. The molecule has 2 aliphatic rings. The van der Waals surface area contributed by atoms with Crippen LogP contribution in [0.25, 0.3) is 0 Å². The fourth-order valence-corrected chi connectivity index (χ4v) is 3.05. The highest BCUT2D eigenvalue weighted by Crippen LogP contribution is 2.17. The number of allylic oxidation sites excluding steroid dienone is 1. The maximum absolute atomic E-state index is 13.0. The molecular formula is C21H29N5O4. The van der Waals surface area contributed by atoms with Crippen molar-refractivity contribution in [3.8, 4) is 0 Å². The van der Waals surface area contributed by atoms with Crippen LogP contribution < -0.4 is 21.3 Å². The number of urea groups is 1. The van der Waals surface area contributed by atoms with Crippen molar-refractivity contribution in [1.82, 2.24) is 21.3 Å². The SMILES string of the molecule is CNC(=O)NC(CC1=CCC=N1)C(=O)C[C@H]1/C=C/CCNC(=O)/C=C/[C@H](C)NC1=O. The van der Waals surface area contributed by atoms with E-state index in [1.54, 1.807) is 31.4 Å². The third kappa shape index (κ3) is 7.65. The van der Waals surface area contributed by atoms with Crippen LogP contribution in [0.5, 0.6) is 0 Å². The molecule has 2 rings (SSSR count). The molecule has 0 bridgehead atoms. The van der Waals surface area contributed by atoms with E-state index in [1.165, 1.54) is 13.1 Å². The number of ketones is 1. The average molecular weight is 415 g/mol. The Labute approximate surface area is 176 Å². The lowest BCUT2D eigenvalue weighted by Crippen LogP contribution is -2.46. The Hall–Kier alpha value is -3.23. The summed E-state index contributed by atoms with van der Waals surface area (Å²) >= 11 is 0. The molecule has 0 aromatic carbocycles. The molecule has 9 nitrogen and oxygen atoms in total. The van der Waals surface area contributed by atoms with Crippen LogP contribution >= 0.6 is 0 Å². The molecule has 0 fully saturated rings. The van der Waals surface area contributed by atoms with Gasteiger partial charge in [-0.2, -0.15) is 0 Å². The van der Waals surface area contributed by atoms with E-state index in [9.17, 15) is 19.2 Å². The molecule has 0 saturated heterocycles. The third-order valence-electron chi connectivity index (χ3n) is 4.69. The van der Waals surface area contributed by atoms with Crippen LogP contribution in [-0.4, -0.2) is 55.5 Å². The Morgan fingerprint density at radius 3 is 2.80 bits per heavy atom. The van der Waals surface area contributed by atoms with Gasteiger partial charge in [0.15, 0.2) is 5.78 Å². The number of Topliss-reactive ketones (excluding diaryl/α,β-unsaturated/α-hetero) is 1. The lowest BCUT2D eigenvalue weighted by atomic mass is 9.94. The van der Waals surface area contributed by atoms with Crippen molar-refractivity contribution in [2.24, 2.45) is 10.9 Å². The Balaban J connectivity index is 2.12. The van der Waals surface area contributed by atoms with Gasteiger partial charge in [-0.3, -0.25) is 19.4 Å². The molecule has 30 heavy (non-hydrogen) atoms. The van der Waals surface area contributed by atoms with Gasteiger partial charge in [-0.15, -0.1) is 0 Å². The van der Waals surface area contributed by atoms with Gasteiger partial charge in [0.05, 0.1) is 12.0 Å². The van der Waals surface area contributed by atoms with Crippen molar-refractivity contribution in [2.45, 2.75) is 44.7 Å². The molecule has 162 valence electrons. The Bertz CT molecular complexity index is 784. The van der Waals surface area contributed by atoms with Crippen LogP contribution in [0.2, 0.25) is 0 Å². The van der Waals surface area contributed by atoms with Gasteiger partial charge in [-0.1, -0.05) is 24.3 Å². The number of nitrogens with zero attached hydrogens (tertiary/aromatic N) is 1. The zero-order chi connectivity index (χ0) is 21.9. The van der Waals surface area contributed by atoms with E-state index in [4.69, 9.17) is 0 Å². The number of amides is 4. The molecule has 2 aliphatic heterocycles. The molecule has 4 amide bonds. The number of aliphatic imine (C=N–C) groups is 1. The van der Waals surface area contributed by atoms with Crippen molar-refractivity contribution in [2.75, 3.05) is 13.6 Å². The predicted octanol–water partition coefficient (Wildman–Crippen LogP) is 0.745. The highest BCUT2D eigenvalue weighted by atomic mass is 16.2. The van der Waals surface area contributed by atoms with Crippen LogP contribution in [-0.2, 0) is 14.4 Å². The molecule has 4 N–H and O–H groups in total. The molecule has 9 heteroatoms. The number of carbonyl (C=O) groups is 4. The van der Waals surface area contributed by atoms with Crippen molar-refractivity contribution < 1.29 is 19.2 Å². The van der Waals surface area contributed by atoms with Gasteiger partial charge in [-0.25, -0.2) is 4.79 Å². The topological polar surface area (TPSA) is 129 Å². The maximum atomic E-state index is 13.0. The minimum Gasteiger partial charge on any atom is -0.352 e.